The van der Waals surface area contributed by atoms with Crippen LogP contribution in [-0.2, 0) is 0 Å². The molecular formula is C12H14S. The summed E-state index contributed by atoms with van der Waals surface area (Å²) in [6, 6.07) is 0. The van der Waals surface area contributed by atoms with Gasteiger partial charge in [0.25, 0.3) is 0 Å². The highest BCUT2D eigenvalue weighted by Gasteiger charge is 2.19. The van der Waals surface area contributed by atoms with E-state index in [2.05, 4.69) is 19.2 Å². The van der Waals surface area contributed by atoms with E-state index in [-0.39, 0.29) is 0 Å². The summed E-state index contributed by atoms with van der Waals surface area (Å²) in [5.41, 5.74) is 5.47. The zero-order valence-electron chi connectivity index (χ0n) is 8.40. The van der Waals surface area contributed by atoms with Crippen LogP contribution in [0.1, 0.15) is 20.8 Å². The molecule has 0 aromatic carbocycles. The quantitative estimate of drug-likeness (QED) is 0.597. The van der Waals surface area contributed by atoms with Gasteiger partial charge in [0.1, 0.15) is 0 Å². The Morgan fingerprint density at radius 3 is 2.08 bits per heavy atom. The van der Waals surface area contributed by atoms with E-state index in [1.807, 2.05) is 20.8 Å². The first-order valence-electron chi connectivity index (χ1n) is 4.24. The second-order valence-electron chi connectivity index (χ2n) is 3.51. The molecule has 0 saturated heterocycles. The third kappa shape index (κ3) is 1.70. The van der Waals surface area contributed by atoms with Crippen molar-refractivity contribution in [2.75, 3.05) is 0 Å². The Morgan fingerprint density at radius 1 is 1.23 bits per heavy atom. The average Bonchev–Trinajstić information content (AvgIpc) is 2.28. The van der Waals surface area contributed by atoms with Crippen molar-refractivity contribution in [3.63, 3.8) is 0 Å². The molecule has 0 radical (unpaired) electrons. The molecule has 0 heterocycles. The summed E-state index contributed by atoms with van der Waals surface area (Å²) >= 11 is 5.31. The van der Waals surface area contributed by atoms with Crippen molar-refractivity contribution in [1.82, 2.24) is 0 Å². The van der Waals surface area contributed by atoms with Gasteiger partial charge in [0.2, 0.25) is 0 Å². The smallest absolute Gasteiger partial charge is 0.0487 e. The highest BCUT2D eigenvalue weighted by molar-refractivity contribution is 7.81. The minimum atomic E-state index is 0.922. The minimum Gasteiger partial charge on any atom is -0.0955 e. The van der Waals surface area contributed by atoms with E-state index >= 15 is 0 Å². The number of hydrogen-bond donors (Lipinski definition) is 0. The summed E-state index contributed by atoms with van der Waals surface area (Å²) in [5, 5.41) is 0. The molecule has 0 spiro atoms. The Kier molecular flexibility index (Phi) is 2.67. The number of rotatable bonds is 2. The molecule has 68 valence electrons. The van der Waals surface area contributed by atoms with Gasteiger partial charge >= 0.3 is 0 Å². The van der Waals surface area contributed by atoms with E-state index in [1.165, 1.54) is 0 Å². The summed E-state index contributed by atoms with van der Waals surface area (Å²) in [6.45, 7) is 13.9. The van der Waals surface area contributed by atoms with Crippen molar-refractivity contribution in [3.8, 4) is 0 Å². The van der Waals surface area contributed by atoms with Crippen LogP contribution in [-0.4, -0.2) is 4.86 Å². The molecule has 0 amide bonds. The van der Waals surface area contributed by atoms with Crippen molar-refractivity contribution in [1.29, 1.82) is 0 Å². The Bertz CT molecular complexity index is 365. The van der Waals surface area contributed by atoms with Crippen LogP contribution >= 0.6 is 12.2 Å². The van der Waals surface area contributed by atoms with Crippen molar-refractivity contribution < 1.29 is 0 Å². The number of hydrogen-bond acceptors (Lipinski definition) is 1. The van der Waals surface area contributed by atoms with Crippen LogP contribution in [0.25, 0.3) is 0 Å². The first-order valence-corrected chi connectivity index (χ1v) is 4.65. The summed E-state index contributed by atoms with van der Waals surface area (Å²) in [5.74, 6) is 0. The molecule has 0 atom stereocenters. The van der Waals surface area contributed by atoms with Crippen molar-refractivity contribution >= 4 is 17.1 Å². The highest BCUT2D eigenvalue weighted by atomic mass is 32.1. The van der Waals surface area contributed by atoms with Crippen LogP contribution in [0.4, 0.5) is 0 Å². The van der Waals surface area contributed by atoms with Crippen LogP contribution < -0.4 is 0 Å². The monoisotopic (exact) mass is 190 g/mol. The molecule has 1 rings (SSSR count). The molecule has 0 fully saturated rings. The molecule has 13 heavy (non-hydrogen) atoms. The molecule has 1 aliphatic rings. The first kappa shape index (κ1) is 10.1. The van der Waals surface area contributed by atoms with Crippen molar-refractivity contribution in [2.45, 2.75) is 20.8 Å². The molecule has 0 aromatic rings. The number of allylic oxidation sites excluding steroid dienone is 6. The minimum absolute atomic E-state index is 0.922. The van der Waals surface area contributed by atoms with E-state index in [0.29, 0.717) is 0 Å². The summed E-state index contributed by atoms with van der Waals surface area (Å²) in [7, 11) is 0. The largest absolute Gasteiger partial charge is 0.0955 e. The lowest BCUT2D eigenvalue weighted by Gasteiger charge is -2.06. The Hall–Kier alpha value is -0.950. The van der Waals surface area contributed by atoms with E-state index < -0.39 is 0 Å². The molecule has 0 nitrogen and oxygen atoms in total. The van der Waals surface area contributed by atoms with Gasteiger partial charge in [0.05, 0.1) is 0 Å². The lowest BCUT2D eigenvalue weighted by atomic mass is 10.00. The first-order chi connectivity index (χ1) is 5.95. The molecule has 0 saturated carbocycles. The van der Waals surface area contributed by atoms with Crippen LogP contribution in [0.2, 0.25) is 0 Å². The molecule has 0 bridgehead atoms. The van der Waals surface area contributed by atoms with Crippen molar-refractivity contribution in [3.05, 3.63) is 47.1 Å². The Balaban J connectivity index is 3.30. The Labute approximate surface area is 85.3 Å². The molecular weight excluding hydrogens is 176 g/mol. The fourth-order valence-electron chi connectivity index (χ4n) is 1.43. The average molecular weight is 190 g/mol. The van der Waals surface area contributed by atoms with E-state index in [1.54, 1.807) is 0 Å². The maximum Gasteiger partial charge on any atom is 0.0487 e. The maximum absolute atomic E-state index is 5.31. The fourth-order valence-corrected chi connectivity index (χ4v) is 1.78. The lowest BCUT2D eigenvalue weighted by molar-refractivity contribution is 1.40. The molecule has 0 unspecified atom stereocenters. The van der Waals surface area contributed by atoms with Crippen LogP contribution in [0.15, 0.2) is 47.1 Å². The zero-order valence-corrected chi connectivity index (χ0v) is 9.22. The second kappa shape index (κ2) is 3.43. The van der Waals surface area contributed by atoms with Gasteiger partial charge in [-0.15, -0.1) is 0 Å². The summed E-state index contributed by atoms with van der Waals surface area (Å²) in [6.07, 6.45) is 2.09. The number of thiocarbonyl (C=S) groups is 1. The van der Waals surface area contributed by atoms with Crippen LogP contribution in [0.5, 0.6) is 0 Å². The van der Waals surface area contributed by atoms with E-state index in [0.717, 1.165) is 32.7 Å². The Morgan fingerprint density at radius 2 is 1.77 bits per heavy atom. The van der Waals surface area contributed by atoms with E-state index in [9.17, 15) is 0 Å². The standard InChI is InChI=1S/C12H14S/c1-7(2)10-6-9(5)12(13)11(10)8(3)4/h6H,1,3H2,2,4-5H3. The predicted molar refractivity (Wildman–Crippen MR) is 63.0 cm³/mol. The van der Waals surface area contributed by atoms with E-state index in [4.69, 9.17) is 12.2 Å². The van der Waals surface area contributed by atoms with Gasteiger partial charge in [-0.1, -0.05) is 30.9 Å². The topological polar surface area (TPSA) is 0 Å². The maximum atomic E-state index is 5.31. The van der Waals surface area contributed by atoms with Gasteiger partial charge in [0, 0.05) is 10.4 Å². The van der Waals surface area contributed by atoms with Gasteiger partial charge < -0.3 is 0 Å². The van der Waals surface area contributed by atoms with Gasteiger partial charge in [-0.3, -0.25) is 0 Å². The van der Waals surface area contributed by atoms with Gasteiger partial charge in [-0.25, -0.2) is 0 Å². The van der Waals surface area contributed by atoms with Gasteiger partial charge in [-0.2, -0.15) is 0 Å². The molecule has 1 aliphatic carbocycles. The highest BCUT2D eigenvalue weighted by Crippen LogP contribution is 2.31. The predicted octanol–water partition coefficient (Wildman–Crippen LogP) is 3.77. The van der Waals surface area contributed by atoms with Crippen LogP contribution in [0.3, 0.4) is 0 Å². The summed E-state index contributed by atoms with van der Waals surface area (Å²) in [4.78, 5) is 0.922. The molecule has 1 heteroatoms. The molecule has 0 aliphatic heterocycles. The fraction of sp³-hybridized carbons (Fsp3) is 0.250. The van der Waals surface area contributed by atoms with Gasteiger partial charge in [0.15, 0.2) is 0 Å². The van der Waals surface area contributed by atoms with Crippen molar-refractivity contribution in [2.24, 2.45) is 0 Å². The lowest BCUT2D eigenvalue weighted by Crippen LogP contribution is -1.98. The van der Waals surface area contributed by atoms with Crippen LogP contribution in [0, 0.1) is 0 Å². The zero-order chi connectivity index (χ0) is 10.2. The second-order valence-corrected chi connectivity index (χ2v) is 3.91. The summed E-state index contributed by atoms with van der Waals surface area (Å²) < 4.78 is 0. The normalized spacial score (nSPS) is 16.2. The van der Waals surface area contributed by atoms with Gasteiger partial charge in [-0.05, 0) is 43.6 Å². The SMILES string of the molecule is C=C(C)C1=C(C(=C)C)C(=S)C(C)=C1. The third-order valence-electron chi connectivity index (χ3n) is 2.10. The molecule has 0 aromatic heterocycles. The third-order valence-corrected chi connectivity index (χ3v) is 2.63. The molecule has 0 N–H and O–H groups in total.